The van der Waals surface area contributed by atoms with Gasteiger partial charge < -0.3 is 9.67 Å². The lowest BCUT2D eigenvalue weighted by Gasteiger charge is -2.30. The van der Waals surface area contributed by atoms with E-state index in [2.05, 4.69) is 22.7 Å². The van der Waals surface area contributed by atoms with Gasteiger partial charge in [-0.15, -0.1) is 0 Å². The Morgan fingerprint density at radius 1 is 1.45 bits per heavy atom. The maximum Gasteiger partial charge on any atom is 0.313 e. The number of carboxylic acid groups (broad SMARTS) is 1. The van der Waals surface area contributed by atoms with Crippen LogP contribution >= 0.6 is 23.5 Å². The lowest BCUT2D eigenvalue weighted by atomic mass is 9.94. The summed E-state index contributed by atoms with van der Waals surface area (Å²) >= 11 is 3.30. The molecule has 0 amide bonds. The zero-order chi connectivity index (χ0) is 14.5. The standard InChI is InChI=1S/C14H22N2O2S2/c1-3-10-8-15-14(20-9-13(17)18)16(10)11-4-6-12(19-2)7-5-11/h8,11-12H,3-7,9H2,1-2H3,(H,17,18). The molecule has 0 bridgehead atoms. The number of carbonyl (C=O) groups is 1. The molecule has 0 saturated heterocycles. The second-order valence-corrected chi connectivity index (χ2v) is 7.18. The van der Waals surface area contributed by atoms with Crippen LogP contribution in [0.15, 0.2) is 11.4 Å². The number of nitrogens with zero attached hydrogens (tertiary/aromatic N) is 2. The SMILES string of the molecule is CCc1cnc(SCC(=O)O)n1C1CCC(SC)CC1. The largest absolute Gasteiger partial charge is 0.481 e. The Bertz CT molecular complexity index is 454. The molecule has 1 saturated carbocycles. The molecule has 1 aromatic heterocycles. The lowest BCUT2D eigenvalue weighted by Crippen LogP contribution is -2.21. The third kappa shape index (κ3) is 3.73. The minimum atomic E-state index is -0.784. The first-order valence-corrected chi connectivity index (χ1v) is 9.36. The fraction of sp³-hybridized carbons (Fsp3) is 0.714. The topological polar surface area (TPSA) is 55.1 Å². The van der Waals surface area contributed by atoms with E-state index in [0.717, 1.165) is 16.8 Å². The second kappa shape index (κ2) is 7.41. The summed E-state index contributed by atoms with van der Waals surface area (Å²) in [6.45, 7) is 2.13. The molecule has 6 heteroatoms. The summed E-state index contributed by atoms with van der Waals surface area (Å²) in [6, 6.07) is 0.493. The van der Waals surface area contributed by atoms with Crippen molar-refractivity contribution in [3.8, 4) is 0 Å². The van der Waals surface area contributed by atoms with Crippen LogP contribution in [0.3, 0.4) is 0 Å². The number of hydrogen-bond acceptors (Lipinski definition) is 4. The van der Waals surface area contributed by atoms with Gasteiger partial charge in [-0.3, -0.25) is 4.79 Å². The van der Waals surface area contributed by atoms with Gasteiger partial charge in [0.15, 0.2) is 5.16 Å². The van der Waals surface area contributed by atoms with E-state index in [0.29, 0.717) is 6.04 Å². The van der Waals surface area contributed by atoms with Crippen molar-refractivity contribution in [1.82, 2.24) is 9.55 Å². The van der Waals surface area contributed by atoms with Gasteiger partial charge in [0, 0.05) is 23.2 Å². The van der Waals surface area contributed by atoms with Crippen LogP contribution in [0.4, 0.5) is 0 Å². The molecule has 112 valence electrons. The number of hydrogen-bond donors (Lipinski definition) is 1. The molecule has 20 heavy (non-hydrogen) atoms. The van der Waals surface area contributed by atoms with Gasteiger partial charge in [0.1, 0.15) is 0 Å². The molecule has 1 aliphatic carbocycles. The highest BCUT2D eigenvalue weighted by Crippen LogP contribution is 2.36. The summed E-state index contributed by atoms with van der Waals surface area (Å²) < 4.78 is 2.30. The van der Waals surface area contributed by atoms with E-state index >= 15 is 0 Å². The minimum Gasteiger partial charge on any atom is -0.481 e. The maximum atomic E-state index is 10.8. The van der Waals surface area contributed by atoms with Gasteiger partial charge in [-0.2, -0.15) is 11.8 Å². The van der Waals surface area contributed by atoms with Crippen LogP contribution in [-0.2, 0) is 11.2 Å². The second-order valence-electron chi connectivity index (χ2n) is 5.10. The summed E-state index contributed by atoms with van der Waals surface area (Å²) in [7, 11) is 0. The molecule has 4 nitrogen and oxygen atoms in total. The quantitative estimate of drug-likeness (QED) is 0.815. The number of aromatic nitrogens is 2. The van der Waals surface area contributed by atoms with Gasteiger partial charge in [0.2, 0.25) is 0 Å². The number of carboxylic acids is 1. The molecule has 1 N–H and O–H groups in total. The van der Waals surface area contributed by atoms with E-state index in [4.69, 9.17) is 5.11 Å². The van der Waals surface area contributed by atoms with Crippen molar-refractivity contribution in [1.29, 1.82) is 0 Å². The normalized spacial score (nSPS) is 22.9. The molecular formula is C14H22N2O2S2. The molecule has 0 radical (unpaired) electrons. The van der Waals surface area contributed by atoms with Crippen LogP contribution in [0, 0.1) is 0 Å². The molecule has 0 aliphatic heterocycles. The number of aryl methyl sites for hydroxylation is 1. The zero-order valence-electron chi connectivity index (χ0n) is 12.0. The third-order valence-electron chi connectivity index (χ3n) is 3.87. The predicted octanol–water partition coefficient (Wildman–Crippen LogP) is 3.47. The van der Waals surface area contributed by atoms with E-state index in [-0.39, 0.29) is 5.75 Å². The number of aliphatic carboxylic acids is 1. The molecule has 1 fully saturated rings. The zero-order valence-corrected chi connectivity index (χ0v) is 13.7. The first-order chi connectivity index (χ1) is 9.65. The van der Waals surface area contributed by atoms with Crippen LogP contribution in [0.2, 0.25) is 0 Å². The highest BCUT2D eigenvalue weighted by molar-refractivity contribution is 7.99. The molecule has 1 aromatic rings. The Morgan fingerprint density at radius 2 is 2.15 bits per heavy atom. The van der Waals surface area contributed by atoms with E-state index in [9.17, 15) is 4.79 Å². The minimum absolute atomic E-state index is 0.0837. The maximum absolute atomic E-state index is 10.8. The molecule has 0 spiro atoms. The van der Waals surface area contributed by atoms with E-state index in [1.54, 1.807) is 0 Å². The molecule has 1 aliphatic rings. The van der Waals surface area contributed by atoms with Crippen molar-refractivity contribution < 1.29 is 9.90 Å². The molecule has 0 atom stereocenters. The Morgan fingerprint density at radius 3 is 2.70 bits per heavy atom. The monoisotopic (exact) mass is 314 g/mol. The molecule has 0 aromatic carbocycles. The number of rotatable bonds is 6. The summed E-state index contributed by atoms with van der Waals surface area (Å²) in [5.41, 5.74) is 1.23. The van der Waals surface area contributed by atoms with Crippen molar-refractivity contribution in [2.24, 2.45) is 0 Å². The highest BCUT2D eigenvalue weighted by Gasteiger charge is 2.25. The fourth-order valence-corrected chi connectivity index (χ4v) is 4.33. The lowest BCUT2D eigenvalue weighted by molar-refractivity contribution is -0.133. The Hall–Kier alpha value is -0.620. The van der Waals surface area contributed by atoms with E-state index < -0.39 is 5.97 Å². The Balaban J connectivity index is 2.12. The van der Waals surface area contributed by atoms with E-state index in [1.807, 2.05) is 18.0 Å². The van der Waals surface area contributed by atoms with Crippen LogP contribution in [0.25, 0.3) is 0 Å². The Kier molecular flexibility index (Phi) is 5.84. The van der Waals surface area contributed by atoms with Crippen LogP contribution in [0.1, 0.15) is 44.3 Å². The van der Waals surface area contributed by atoms with E-state index in [1.165, 1.54) is 43.1 Å². The van der Waals surface area contributed by atoms with Gasteiger partial charge in [0.25, 0.3) is 0 Å². The average molecular weight is 314 g/mol. The third-order valence-corrected chi connectivity index (χ3v) is 5.96. The summed E-state index contributed by atoms with van der Waals surface area (Å²) in [6.07, 6.45) is 9.89. The smallest absolute Gasteiger partial charge is 0.313 e. The average Bonchev–Trinajstić information content (AvgIpc) is 2.88. The molecule has 2 rings (SSSR count). The van der Waals surface area contributed by atoms with Crippen molar-refractivity contribution in [2.45, 2.75) is 55.5 Å². The van der Waals surface area contributed by atoms with Gasteiger partial charge in [-0.25, -0.2) is 4.98 Å². The van der Waals surface area contributed by atoms with Crippen LogP contribution in [-0.4, -0.2) is 37.9 Å². The van der Waals surface area contributed by atoms with Gasteiger partial charge in [-0.1, -0.05) is 18.7 Å². The first-order valence-electron chi connectivity index (χ1n) is 7.09. The predicted molar refractivity (Wildman–Crippen MR) is 84.8 cm³/mol. The number of imidazole rings is 1. The van der Waals surface area contributed by atoms with Crippen LogP contribution < -0.4 is 0 Å². The van der Waals surface area contributed by atoms with Gasteiger partial charge >= 0.3 is 5.97 Å². The molecular weight excluding hydrogens is 292 g/mol. The van der Waals surface area contributed by atoms with Crippen molar-refractivity contribution in [3.63, 3.8) is 0 Å². The summed E-state index contributed by atoms with van der Waals surface area (Å²) in [4.78, 5) is 15.2. The highest BCUT2D eigenvalue weighted by atomic mass is 32.2. The van der Waals surface area contributed by atoms with Gasteiger partial charge in [0.05, 0.1) is 5.75 Å². The summed E-state index contributed by atoms with van der Waals surface area (Å²) in [5.74, 6) is -0.700. The fourth-order valence-electron chi connectivity index (χ4n) is 2.80. The van der Waals surface area contributed by atoms with Gasteiger partial charge in [-0.05, 0) is 38.4 Å². The first kappa shape index (κ1) is 15.8. The van der Waals surface area contributed by atoms with Crippen molar-refractivity contribution in [3.05, 3.63) is 11.9 Å². The molecule has 1 heterocycles. The van der Waals surface area contributed by atoms with Crippen molar-refractivity contribution >= 4 is 29.5 Å². The number of thioether (sulfide) groups is 2. The molecule has 0 unspecified atom stereocenters. The van der Waals surface area contributed by atoms with Crippen LogP contribution in [0.5, 0.6) is 0 Å². The summed E-state index contributed by atoms with van der Waals surface area (Å²) in [5, 5.41) is 10.5. The van der Waals surface area contributed by atoms with Crippen molar-refractivity contribution in [2.75, 3.05) is 12.0 Å². The Labute approximate surface area is 128 Å².